The highest BCUT2D eigenvalue weighted by molar-refractivity contribution is 7.47. The van der Waals surface area contributed by atoms with Crippen molar-refractivity contribution in [2.24, 2.45) is 0 Å². The smallest absolute Gasteiger partial charge is 0.462 e. The molecule has 0 aliphatic rings. The summed E-state index contributed by atoms with van der Waals surface area (Å²) in [5, 5.41) is 9.83. The van der Waals surface area contributed by atoms with Crippen LogP contribution < -0.4 is 0 Å². The lowest BCUT2D eigenvalue weighted by molar-refractivity contribution is -0.161. The highest BCUT2D eigenvalue weighted by Gasteiger charge is 2.28. The third-order valence-corrected chi connectivity index (χ3v) is 12.7. The number of esters is 3. The van der Waals surface area contributed by atoms with E-state index < -0.39 is 57.8 Å². The minimum Gasteiger partial charge on any atom is -0.462 e. The number of ether oxygens (including phenoxy) is 3. The van der Waals surface area contributed by atoms with E-state index in [2.05, 4.69) is 154 Å². The lowest BCUT2D eigenvalue weighted by Gasteiger charge is -2.21. The van der Waals surface area contributed by atoms with Gasteiger partial charge in [-0.2, -0.15) is 0 Å². The predicted octanol–water partition coefficient (Wildman–Crippen LogP) is 17.9. The Morgan fingerprint density at radius 2 is 0.679 bits per heavy atom. The molecule has 12 heteroatoms. The number of unbranched alkanes of at least 4 members (excludes halogenated alkanes) is 12. The molecule has 3 atom stereocenters. The summed E-state index contributed by atoms with van der Waals surface area (Å²) in [4.78, 5) is 48.6. The van der Waals surface area contributed by atoms with Crippen molar-refractivity contribution in [3.63, 3.8) is 0 Å². The van der Waals surface area contributed by atoms with Crippen LogP contribution in [0.5, 0.6) is 0 Å². The van der Waals surface area contributed by atoms with Gasteiger partial charge in [-0.15, -0.1) is 0 Å². The third kappa shape index (κ3) is 56.1. The molecule has 0 saturated heterocycles. The Kier molecular flexibility index (Phi) is 55.0. The number of aliphatic hydroxyl groups excluding tert-OH is 1. The van der Waals surface area contributed by atoms with Gasteiger partial charge in [0.2, 0.25) is 0 Å². The molecule has 2 N–H and O–H groups in total. The van der Waals surface area contributed by atoms with Gasteiger partial charge in [-0.05, 0) is 135 Å². The molecular formula is C66H105O11P. The molecule has 0 amide bonds. The van der Waals surface area contributed by atoms with E-state index in [1.54, 1.807) is 0 Å². The van der Waals surface area contributed by atoms with Crippen LogP contribution in [0.15, 0.2) is 146 Å². The van der Waals surface area contributed by atoms with Crippen LogP contribution in [0.4, 0.5) is 0 Å². The van der Waals surface area contributed by atoms with Crippen LogP contribution >= 0.6 is 7.82 Å². The van der Waals surface area contributed by atoms with Gasteiger partial charge < -0.3 is 24.2 Å². The van der Waals surface area contributed by atoms with Crippen LogP contribution in [0.1, 0.15) is 213 Å². The molecule has 0 aromatic carbocycles. The molecule has 0 aliphatic heterocycles. The first-order chi connectivity index (χ1) is 38.2. The number of carbonyl (C=O) groups excluding carboxylic acids is 3. The second kappa shape index (κ2) is 58.5. The second-order valence-electron chi connectivity index (χ2n) is 19.0. The molecule has 78 heavy (non-hydrogen) atoms. The van der Waals surface area contributed by atoms with E-state index in [1.165, 1.54) is 19.3 Å². The highest BCUT2D eigenvalue weighted by Crippen LogP contribution is 2.43. The van der Waals surface area contributed by atoms with Crippen LogP contribution in [0.3, 0.4) is 0 Å². The van der Waals surface area contributed by atoms with Crippen LogP contribution in [0.2, 0.25) is 0 Å². The summed E-state index contributed by atoms with van der Waals surface area (Å²) in [7, 11) is -4.79. The van der Waals surface area contributed by atoms with E-state index in [1.807, 2.05) is 12.2 Å². The minimum absolute atomic E-state index is 0.0721. The highest BCUT2D eigenvalue weighted by atomic mass is 31.2. The molecule has 0 radical (unpaired) electrons. The fourth-order valence-electron chi connectivity index (χ4n) is 7.27. The minimum atomic E-state index is -4.79. The van der Waals surface area contributed by atoms with Gasteiger partial charge in [0.25, 0.3) is 0 Å². The van der Waals surface area contributed by atoms with E-state index in [0.29, 0.717) is 25.7 Å². The van der Waals surface area contributed by atoms with Gasteiger partial charge in [0, 0.05) is 19.3 Å². The van der Waals surface area contributed by atoms with Crippen molar-refractivity contribution in [1.82, 2.24) is 0 Å². The number of aliphatic hydroxyl groups is 1. The van der Waals surface area contributed by atoms with Crippen LogP contribution in [0, 0.1) is 0 Å². The second-order valence-corrected chi connectivity index (χ2v) is 20.5. The molecule has 0 saturated carbocycles. The Morgan fingerprint density at radius 3 is 1.09 bits per heavy atom. The Hall–Kier alpha value is -4.64. The lowest BCUT2D eigenvalue weighted by atomic mass is 10.1. The Labute approximate surface area is 473 Å². The molecule has 11 nitrogen and oxygen atoms in total. The third-order valence-electron chi connectivity index (χ3n) is 11.7. The Bertz CT molecular complexity index is 1860. The first-order valence-corrected chi connectivity index (χ1v) is 31.2. The number of hydrogen-bond acceptors (Lipinski definition) is 10. The molecule has 0 aliphatic carbocycles. The molecule has 0 bridgehead atoms. The van der Waals surface area contributed by atoms with Gasteiger partial charge in [-0.25, -0.2) is 4.57 Å². The summed E-state index contributed by atoms with van der Waals surface area (Å²) in [6.07, 6.45) is 75.2. The molecule has 0 aromatic rings. The number of rotatable bonds is 53. The van der Waals surface area contributed by atoms with E-state index in [-0.39, 0.29) is 25.9 Å². The van der Waals surface area contributed by atoms with Gasteiger partial charge in [0.1, 0.15) is 12.7 Å². The number of phosphoric ester groups is 1. The lowest BCUT2D eigenvalue weighted by Crippen LogP contribution is -2.30. The summed E-state index contributed by atoms with van der Waals surface area (Å²) in [5.41, 5.74) is 0. The van der Waals surface area contributed by atoms with Gasteiger partial charge in [-0.3, -0.25) is 23.4 Å². The van der Waals surface area contributed by atoms with Crippen molar-refractivity contribution < 1.29 is 52.2 Å². The largest absolute Gasteiger partial charge is 0.472 e. The topological polar surface area (TPSA) is 155 Å². The van der Waals surface area contributed by atoms with E-state index >= 15 is 0 Å². The molecule has 0 heterocycles. The normalized spacial score (nSPS) is 14.4. The van der Waals surface area contributed by atoms with Gasteiger partial charge in [0.15, 0.2) is 6.10 Å². The Balaban J connectivity index is 4.90. The van der Waals surface area contributed by atoms with Crippen molar-refractivity contribution in [1.29, 1.82) is 0 Å². The van der Waals surface area contributed by atoms with Crippen molar-refractivity contribution in [3.8, 4) is 0 Å². The van der Waals surface area contributed by atoms with Crippen LogP contribution in [0.25, 0.3) is 0 Å². The first-order valence-electron chi connectivity index (χ1n) is 29.7. The molecule has 440 valence electrons. The molecule has 0 spiro atoms. The van der Waals surface area contributed by atoms with Gasteiger partial charge >= 0.3 is 25.7 Å². The van der Waals surface area contributed by atoms with Crippen molar-refractivity contribution in [3.05, 3.63) is 146 Å². The van der Waals surface area contributed by atoms with Crippen molar-refractivity contribution >= 4 is 25.7 Å². The molecule has 0 rings (SSSR count). The van der Waals surface area contributed by atoms with Gasteiger partial charge in [0.05, 0.1) is 19.8 Å². The summed E-state index contributed by atoms with van der Waals surface area (Å²) < 4.78 is 39.5. The monoisotopic (exact) mass is 1100 g/mol. The molecule has 3 unspecified atom stereocenters. The van der Waals surface area contributed by atoms with E-state index in [9.17, 15) is 28.9 Å². The van der Waals surface area contributed by atoms with Crippen LogP contribution in [-0.4, -0.2) is 66.5 Å². The fraction of sp³-hybridized carbons (Fsp3) is 0.591. The maximum Gasteiger partial charge on any atom is 0.472 e. The Morgan fingerprint density at radius 1 is 0.372 bits per heavy atom. The maximum absolute atomic E-state index is 12.9. The molecule has 0 aromatic heterocycles. The summed E-state index contributed by atoms with van der Waals surface area (Å²) in [6.45, 7) is 4.25. The van der Waals surface area contributed by atoms with Crippen molar-refractivity contribution in [2.45, 2.75) is 226 Å². The molecular weight excluding hydrogens is 1000 g/mol. The summed E-state index contributed by atoms with van der Waals surface area (Å²) >= 11 is 0. The SMILES string of the molecule is CC/C=C\C/C=C\C/C=C\C/C=C\C/C=C\CCCCCC(=O)OCC(COP(=O)(O)OCC(CO)OC(=O)CCCCCCC/C=C\C/C=C\CCCCC)OC(=O)CCC/C=C\C/C=C\C/C=C\C/C=C\C/C=C\CC. The standard InChI is InChI=1S/C66H105O11P/c1-4-7-10-13-16-19-22-25-28-30-31-33-35-37-40-43-46-49-52-55-64(68)73-59-63(77-66(70)57-54-51-48-45-42-39-36-32-29-26-23-20-17-14-11-8-5-2)61-75-78(71,72)74-60-62(58-67)76-65(69)56-53-50-47-44-41-38-34-27-24-21-18-15-12-9-6-3/h7-8,10-11,16-21,25-29,31,33-34,36-37,39-40,45,48,62-63,67H,4-6,9,12-15,22-24,30,32,35,38,41-44,46-47,49-61H2,1-3H3,(H,71,72)/b10-7-,11-8-,19-16-,20-17-,21-18-,28-25-,29-26-,33-31-,34-27-,39-36-,40-37-,48-45-. The van der Waals surface area contributed by atoms with E-state index in [4.69, 9.17) is 23.3 Å². The maximum atomic E-state index is 12.9. The summed E-state index contributed by atoms with van der Waals surface area (Å²) in [5.74, 6) is -1.61. The average Bonchev–Trinajstić information content (AvgIpc) is 3.43. The zero-order chi connectivity index (χ0) is 56.9. The average molecular weight is 1110 g/mol. The quantitative estimate of drug-likeness (QED) is 0.0197. The first kappa shape index (κ1) is 73.4. The van der Waals surface area contributed by atoms with Crippen molar-refractivity contribution in [2.75, 3.05) is 26.4 Å². The van der Waals surface area contributed by atoms with Crippen LogP contribution in [-0.2, 0) is 42.2 Å². The fourth-order valence-corrected chi connectivity index (χ4v) is 8.05. The zero-order valence-corrected chi connectivity index (χ0v) is 49.5. The number of carbonyl (C=O) groups is 3. The van der Waals surface area contributed by atoms with E-state index in [0.717, 1.165) is 128 Å². The zero-order valence-electron chi connectivity index (χ0n) is 48.6. The predicted molar refractivity (Wildman–Crippen MR) is 325 cm³/mol. The summed E-state index contributed by atoms with van der Waals surface area (Å²) in [6, 6.07) is 0. The number of phosphoric acid groups is 1. The number of allylic oxidation sites excluding steroid dienone is 24. The molecule has 0 fully saturated rings. The van der Waals surface area contributed by atoms with Gasteiger partial charge in [-0.1, -0.05) is 205 Å². The number of hydrogen-bond donors (Lipinski definition) is 2.